The molecular formula is C21H36N4O. The third-order valence-electron chi connectivity index (χ3n) is 5.16. The van der Waals surface area contributed by atoms with Gasteiger partial charge < -0.3 is 20.3 Å². The van der Waals surface area contributed by atoms with Gasteiger partial charge >= 0.3 is 0 Å². The van der Waals surface area contributed by atoms with Crippen LogP contribution in [0.2, 0.25) is 0 Å². The zero-order chi connectivity index (χ0) is 18.9. The van der Waals surface area contributed by atoms with Crippen molar-refractivity contribution in [1.82, 2.24) is 15.5 Å². The molecule has 0 spiro atoms. The molecule has 2 unspecified atom stereocenters. The average molecular weight is 361 g/mol. The van der Waals surface area contributed by atoms with Gasteiger partial charge in [0.05, 0.1) is 13.7 Å². The highest BCUT2D eigenvalue weighted by Gasteiger charge is 2.32. The summed E-state index contributed by atoms with van der Waals surface area (Å²) in [6, 6.07) is 8.93. The van der Waals surface area contributed by atoms with Gasteiger partial charge in [-0.2, -0.15) is 0 Å². The fraction of sp³-hybridized carbons (Fsp3) is 0.667. The Balaban J connectivity index is 1.81. The van der Waals surface area contributed by atoms with Crippen LogP contribution in [0.3, 0.4) is 0 Å². The topological polar surface area (TPSA) is 48.9 Å². The summed E-state index contributed by atoms with van der Waals surface area (Å²) in [5.41, 5.74) is 1.34. The van der Waals surface area contributed by atoms with Crippen LogP contribution in [0.1, 0.15) is 44.6 Å². The molecule has 1 aromatic carbocycles. The Morgan fingerprint density at radius 1 is 1.23 bits per heavy atom. The van der Waals surface area contributed by atoms with Gasteiger partial charge in [0, 0.05) is 19.1 Å². The van der Waals surface area contributed by atoms with Gasteiger partial charge in [-0.1, -0.05) is 19.1 Å². The van der Waals surface area contributed by atoms with E-state index in [4.69, 9.17) is 9.73 Å². The Morgan fingerprint density at radius 3 is 2.46 bits per heavy atom. The number of rotatable bonds is 10. The first-order valence-corrected chi connectivity index (χ1v) is 9.87. The summed E-state index contributed by atoms with van der Waals surface area (Å²) in [6.07, 6.45) is 3.76. The highest BCUT2D eigenvalue weighted by molar-refractivity contribution is 5.79. The number of nitrogens with one attached hydrogen (secondary N) is 2. The van der Waals surface area contributed by atoms with Gasteiger partial charge in [-0.3, -0.25) is 4.99 Å². The lowest BCUT2D eigenvalue weighted by Crippen LogP contribution is -2.40. The van der Waals surface area contributed by atoms with E-state index in [-0.39, 0.29) is 0 Å². The van der Waals surface area contributed by atoms with E-state index in [2.05, 4.69) is 55.6 Å². The van der Waals surface area contributed by atoms with E-state index in [9.17, 15) is 0 Å². The molecule has 0 aliphatic heterocycles. The summed E-state index contributed by atoms with van der Waals surface area (Å²) in [5, 5.41) is 6.86. The lowest BCUT2D eigenvalue weighted by Gasteiger charge is -2.23. The van der Waals surface area contributed by atoms with E-state index in [1.54, 1.807) is 7.11 Å². The SMILES string of the molecule is CCNC(=NCC(C1CC1)N(C)C)NCCC(C)c1ccc(OC)cc1. The Hall–Kier alpha value is -1.75. The molecule has 1 aliphatic carbocycles. The van der Waals surface area contributed by atoms with Crippen LogP contribution in [0.15, 0.2) is 29.3 Å². The molecule has 0 heterocycles. The number of hydrogen-bond acceptors (Lipinski definition) is 3. The summed E-state index contributed by atoms with van der Waals surface area (Å²) < 4.78 is 5.23. The molecule has 0 amide bonds. The van der Waals surface area contributed by atoms with Crippen molar-refractivity contribution in [3.05, 3.63) is 29.8 Å². The highest BCUT2D eigenvalue weighted by Crippen LogP contribution is 2.34. The molecule has 1 aromatic rings. The van der Waals surface area contributed by atoms with Crippen LogP contribution in [0.25, 0.3) is 0 Å². The molecule has 5 heteroatoms. The number of guanidine groups is 1. The molecule has 26 heavy (non-hydrogen) atoms. The minimum absolute atomic E-state index is 0.497. The molecule has 0 saturated heterocycles. The van der Waals surface area contributed by atoms with Gasteiger partial charge in [-0.25, -0.2) is 0 Å². The number of aliphatic imine (C=N–C) groups is 1. The van der Waals surface area contributed by atoms with Crippen LogP contribution in [0.5, 0.6) is 5.75 Å². The van der Waals surface area contributed by atoms with E-state index >= 15 is 0 Å². The summed E-state index contributed by atoms with van der Waals surface area (Å²) in [7, 11) is 6.03. The van der Waals surface area contributed by atoms with Crippen LogP contribution in [0.4, 0.5) is 0 Å². The number of methoxy groups -OCH3 is 1. The van der Waals surface area contributed by atoms with Crippen molar-refractivity contribution >= 4 is 5.96 Å². The molecule has 2 atom stereocenters. The lowest BCUT2D eigenvalue weighted by molar-refractivity contribution is 0.271. The first kappa shape index (κ1) is 20.6. The van der Waals surface area contributed by atoms with Crippen molar-refractivity contribution in [2.75, 3.05) is 40.8 Å². The Bertz CT molecular complexity index is 550. The molecule has 1 fully saturated rings. The van der Waals surface area contributed by atoms with Crippen molar-refractivity contribution in [2.45, 2.75) is 45.1 Å². The smallest absolute Gasteiger partial charge is 0.191 e. The van der Waals surface area contributed by atoms with Gasteiger partial charge in [0.25, 0.3) is 0 Å². The minimum atomic E-state index is 0.497. The summed E-state index contributed by atoms with van der Waals surface area (Å²) in [4.78, 5) is 7.14. The second kappa shape index (κ2) is 10.4. The second-order valence-electron chi connectivity index (χ2n) is 7.48. The quantitative estimate of drug-likeness (QED) is 0.497. The van der Waals surface area contributed by atoms with Gasteiger partial charge in [0.15, 0.2) is 5.96 Å². The molecule has 5 nitrogen and oxygen atoms in total. The minimum Gasteiger partial charge on any atom is -0.497 e. The summed E-state index contributed by atoms with van der Waals surface area (Å²) in [6.45, 7) is 7.04. The molecule has 0 radical (unpaired) electrons. The molecule has 2 N–H and O–H groups in total. The number of likely N-dealkylation sites (N-methyl/N-ethyl adjacent to an activating group) is 1. The van der Waals surface area contributed by atoms with Gasteiger partial charge in [0.2, 0.25) is 0 Å². The predicted molar refractivity (Wildman–Crippen MR) is 110 cm³/mol. The van der Waals surface area contributed by atoms with Crippen LogP contribution >= 0.6 is 0 Å². The summed E-state index contributed by atoms with van der Waals surface area (Å²) in [5.74, 6) is 3.16. The first-order valence-electron chi connectivity index (χ1n) is 9.87. The van der Waals surface area contributed by atoms with E-state index in [0.717, 1.165) is 43.7 Å². The maximum absolute atomic E-state index is 5.23. The van der Waals surface area contributed by atoms with Gasteiger partial charge in [0.1, 0.15) is 5.75 Å². The zero-order valence-electron chi connectivity index (χ0n) is 17.1. The Labute approximate surface area is 159 Å². The molecule has 1 aliphatic rings. The van der Waals surface area contributed by atoms with E-state index in [1.165, 1.54) is 18.4 Å². The molecule has 1 saturated carbocycles. The predicted octanol–water partition coefficient (Wildman–Crippen LogP) is 3.08. The van der Waals surface area contributed by atoms with Gasteiger partial charge in [-0.15, -0.1) is 0 Å². The van der Waals surface area contributed by atoms with Crippen LogP contribution in [-0.4, -0.2) is 57.7 Å². The van der Waals surface area contributed by atoms with Crippen LogP contribution in [-0.2, 0) is 0 Å². The standard InChI is InChI=1S/C21H36N4O/c1-6-22-21(24-15-20(25(3)4)18-7-8-18)23-14-13-16(2)17-9-11-19(26-5)12-10-17/h9-12,16,18,20H,6-8,13-15H2,1-5H3,(H2,22,23,24). The average Bonchev–Trinajstić information content (AvgIpc) is 3.46. The van der Waals surface area contributed by atoms with Crippen molar-refractivity contribution in [3.63, 3.8) is 0 Å². The van der Waals surface area contributed by atoms with E-state index < -0.39 is 0 Å². The third-order valence-corrected chi connectivity index (χ3v) is 5.16. The van der Waals surface area contributed by atoms with Crippen molar-refractivity contribution in [1.29, 1.82) is 0 Å². The molecule has 2 rings (SSSR count). The lowest BCUT2D eigenvalue weighted by atomic mass is 9.98. The maximum Gasteiger partial charge on any atom is 0.191 e. The monoisotopic (exact) mass is 360 g/mol. The Kier molecular flexibility index (Phi) is 8.23. The normalized spacial score (nSPS) is 17.1. The second-order valence-corrected chi connectivity index (χ2v) is 7.48. The molecule has 0 aromatic heterocycles. The zero-order valence-corrected chi connectivity index (χ0v) is 17.1. The molecule has 146 valence electrons. The van der Waals surface area contributed by atoms with Crippen LogP contribution in [0, 0.1) is 5.92 Å². The van der Waals surface area contributed by atoms with Crippen molar-refractivity contribution < 1.29 is 4.74 Å². The third kappa shape index (κ3) is 6.52. The Morgan fingerprint density at radius 2 is 1.92 bits per heavy atom. The largest absolute Gasteiger partial charge is 0.497 e. The highest BCUT2D eigenvalue weighted by atomic mass is 16.5. The van der Waals surface area contributed by atoms with Crippen molar-refractivity contribution in [3.8, 4) is 5.75 Å². The first-order chi connectivity index (χ1) is 12.5. The maximum atomic E-state index is 5.23. The number of hydrogen-bond donors (Lipinski definition) is 2. The molecule has 0 bridgehead atoms. The van der Waals surface area contributed by atoms with E-state index in [0.29, 0.717) is 12.0 Å². The number of ether oxygens (including phenoxy) is 1. The fourth-order valence-corrected chi connectivity index (χ4v) is 3.25. The number of benzene rings is 1. The van der Waals surface area contributed by atoms with Gasteiger partial charge in [-0.05, 0) is 69.8 Å². The fourth-order valence-electron chi connectivity index (χ4n) is 3.25. The van der Waals surface area contributed by atoms with Crippen LogP contribution < -0.4 is 15.4 Å². The number of nitrogens with zero attached hydrogens (tertiary/aromatic N) is 2. The summed E-state index contributed by atoms with van der Waals surface area (Å²) >= 11 is 0. The molecular weight excluding hydrogens is 324 g/mol. The van der Waals surface area contributed by atoms with Crippen molar-refractivity contribution in [2.24, 2.45) is 10.9 Å². The van der Waals surface area contributed by atoms with E-state index in [1.807, 2.05) is 12.1 Å².